The molecule has 2 amide bonds. The van der Waals surface area contributed by atoms with Crippen molar-refractivity contribution in [2.24, 2.45) is 0 Å². The maximum absolute atomic E-state index is 12.8. The Labute approximate surface area is 173 Å². The van der Waals surface area contributed by atoms with Crippen molar-refractivity contribution in [2.45, 2.75) is 0 Å². The Morgan fingerprint density at radius 3 is 1.90 bits per heavy atom. The highest BCUT2D eigenvalue weighted by atomic mass is 35.5. The number of hydrogen-bond donors (Lipinski definition) is 0. The zero-order chi connectivity index (χ0) is 21.1. The molecule has 0 aliphatic carbocycles. The fourth-order valence-corrected chi connectivity index (χ4v) is 3.38. The van der Waals surface area contributed by atoms with Crippen molar-refractivity contribution in [2.75, 3.05) is 45.2 Å². The number of amides is 2. The van der Waals surface area contributed by atoms with Crippen molar-refractivity contribution in [3.05, 3.63) is 68.7 Å². The normalized spacial score (nSPS) is 13.9. The lowest BCUT2D eigenvalue weighted by Gasteiger charge is -2.35. The third-order valence-corrected chi connectivity index (χ3v) is 5.10. The van der Waals surface area contributed by atoms with Crippen LogP contribution in [0.15, 0.2) is 42.5 Å². The Morgan fingerprint density at radius 1 is 0.931 bits per heavy atom. The molecular weight excluding hydrogens is 396 g/mol. The van der Waals surface area contributed by atoms with Crippen LogP contribution in [-0.2, 0) is 0 Å². The third-order valence-electron chi connectivity index (χ3n) is 4.85. The predicted molar refractivity (Wildman–Crippen MR) is 111 cm³/mol. The second-order valence-electron chi connectivity index (χ2n) is 6.95. The second kappa shape index (κ2) is 8.48. The van der Waals surface area contributed by atoms with Crippen molar-refractivity contribution in [3.8, 4) is 0 Å². The minimum absolute atomic E-state index is 0.111. The maximum Gasteiger partial charge on any atom is 0.293 e. The van der Waals surface area contributed by atoms with Gasteiger partial charge in [-0.1, -0.05) is 11.6 Å². The Hall–Kier alpha value is -3.13. The summed E-state index contributed by atoms with van der Waals surface area (Å²) in [4.78, 5) is 41.2. The van der Waals surface area contributed by atoms with E-state index in [0.29, 0.717) is 42.5 Å². The first kappa shape index (κ1) is 20.6. The number of rotatable bonds is 4. The van der Waals surface area contributed by atoms with E-state index in [4.69, 9.17) is 11.6 Å². The number of anilines is 1. The molecule has 29 heavy (non-hydrogen) atoms. The van der Waals surface area contributed by atoms with Gasteiger partial charge in [-0.25, -0.2) is 0 Å². The zero-order valence-corrected chi connectivity index (χ0v) is 16.9. The van der Waals surface area contributed by atoms with E-state index in [-0.39, 0.29) is 23.1 Å². The summed E-state index contributed by atoms with van der Waals surface area (Å²) in [6, 6.07) is 11.2. The number of nitro groups is 1. The van der Waals surface area contributed by atoms with Gasteiger partial charge < -0.3 is 14.7 Å². The van der Waals surface area contributed by atoms with Crippen LogP contribution >= 0.6 is 11.6 Å². The summed E-state index contributed by atoms with van der Waals surface area (Å²) in [5.41, 5.74) is 1.13. The van der Waals surface area contributed by atoms with Crippen LogP contribution in [-0.4, -0.2) is 66.8 Å². The highest BCUT2D eigenvalue weighted by molar-refractivity contribution is 6.30. The number of benzene rings is 2. The van der Waals surface area contributed by atoms with Gasteiger partial charge in [0.1, 0.15) is 5.69 Å². The number of hydrogen-bond acceptors (Lipinski definition) is 5. The summed E-state index contributed by atoms with van der Waals surface area (Å²) in [5.74, 6) is -0.392. The summed E-state index contributed by atoms with van der Waals surface area (Å²) in [6.07, 6.45) is 0. The first-order valence-corrected chi connectivity index (χ1v) is 9.45. The molecule has 1 heterocycles. The van der Waals surface area contributed by atoms with Crippen LogP contribution in [0.5, 0.6) is 0 Å². The number of nitro benzene ring substituents is 1. The summed E-state index contributed by atoms with van der Waals surface area (Å²) in [6.45, 7) is 1.51. The smallest absolute Gasteiger partial charge is 0.293 e. The largest absolute Gasteiger partial charge is 0.372 e. The lowest BCUT2D eigenvalue weighted by atomic mass is 10.1. The molecule has 0 saturated carbocycles. The van der Waals surface area contributed by atoms with Gasteiger partial charge in [0.05, 0.1) is 4.92 Å². The van der Waals surface area contributed by atoms with Crippen LogP contribution < -0.4 is 4.90 Å². The first-order valence-electron chi connectivity index (χ1n) is 9.08. The van der Waals surface area contributed by atoms with Gasteiger partial charge in [0.2, 0.25) is 0 Å². The van der Waals surface area contributed by atoms with Crippen molar-refractivity contribution < 1.29 is 14.5 Å². The van der Waals surface area contributed by atoms with Gasteiger partial charge in [-0.2, -0.15) is 0 Å². The Morgan fingerprint density at radius 2 is 1.41 bits per heavy atom. The fraction of sp³-hybridized carbons (Fsp3) is 0.300. The van der Waals surface area contributed by atoms with Gasteiger partial charge in [0, 0.05) is 62.5 Å². The van der Waals surface area contributed by atoms with Crippen LogP contribution in [0.3, 0.4) is 0 Å². The molecule has 1 fully saturated rings. The SMILES string of the molecule is CN(C)c1ccc(C(=O)N2CCN(C(=O)c3ccc(Cl)cc3)CC2)cc1[N+](=O)[O-]. The molecule has 0 atom stereocenters. The average Bonchev–Trinajstić information content (AvgIpc) is 2.72. The Balaban J connectivity index is 1.68. The molecule has 0 bridgehead atoms. The van der Waals surface area contributed by atoms with E-state index in [1.54, 1.807) is 65.2 Å². The summed E-state index contributed by atoms with van der Waals surface area (Å²) in [7, 11) is 3.42. The van der Waals surface area contributed by atoms with E-state index in [1.807, 2.05) is 0 Å². The Bertz CT molecular complexity index is 938. The van der Waals surface area contributed by atoms with Crippen LogP contribution in [0.4, 0.5) is 11.4 Å². The summed E-state index contributed by atoms with van der Waals surface area (Å²) >= 11 is 5.86. The van der Waals surface area contributed by atoms with E-state index in [0.717, 1.165) is 0 Å². The number of piperazine rings is 1. The van der Waals surface area contributed by atoms with E-state index in [1.165, 1.54) is 6.07 Å². The number of carbonyl (C=O) groups is 2. The van der Waals surface area contributed by atoms with Gasteiger partial charge in [-0.05, 0) is 36.4 Å². The minimum atomic E-state index is -0.491. The zero-order valence-electron chi connectivity index (χ0n) is 16.2. The number of carbonyl (C=O) groups excluding carboxylic acids is 2. The molecule has 0 N–H and O–H groups in total. The van der Waals surface area contributed by atoms with Crippen molar-refractivity contribution in [3.63, 3.8) is 0 Å². The van der Waals surface area contributed by atoms with E-state index in [2.05, 4.69) is 0 Å². The summed E-state index contributed by atoms with van der Waals surface area (Å²) in [5, 5.41) is 11.9. The van der Waals surface area contributed by atoms with Crippen molar-refractivity contribution in [1.82, 2.24) is 9.80 Å². The highest BCUT2D eigenvalue weighted by Gasteiger charge is 2.27. The van der Waals surface area contributed by atoms with Crippen LogP contribution in [0.25, 0.3) is 0 Å². The molecule has 152 valence electrons. The molecule has 9 heteroatoms. The molecule has 0 spiro atoms. The minimum Gasteiger partial charge on any atom is -0.372 e. The second-order valence-corrected chi connectivity index (χ2v) is 7.38. The van der Waals surface area contributed by atoms with E-state index in [9.17, 15) is 19.7 Å². The molecule has 3 rings (SSSR count). The number of nitrogens with zero attached hydrogens (tertiary/aromatic N) is 4. The molecule has 1 saturated heterocycles. The van der Waals surface area contributed by atoms with Gasteiger partial charge >= 0.3 is 0 Å². The number of halogens is 1. The van der Waals surface area contributed by atoms with E-state index < -0.39 is 4.92 Å². The molecule has 2 aromatic carbocycles. The predicted octanol–water partition coefficient (Wildman–Crippen LogP) is 2.91. The van der Waals surface area contributed by atoms with Gasteiger partial charge in [-0.15, -0.1) is 0 Å². The Kier molecular flexibility index (Phi) is 6.03. The molecule has 2 aromatic rings. The summed E-state index contributed by atoms with van der Waals surface area (Å²) < 4.78 is 0. The molecule has 0 aromatic heterocycles. The van der Waals surface area contributed by atoms with Gasteiger partial charge in [0.25, 0.3) is 17.5 Å². The van der Waals surface area contributed by atoms with Crippen LogP contribution in [0.1, 0.15) is 20.7 Å². The molecule has 0 radical (unpaired) electrons. The molecule has 0 unspecified atom stereocenters. The lowest BCUT2D eigenvalue weighted by molar-refractivity contribution is -0.384. The topological polar surface area (TPSA) is 87.0 Å². The molecular formula is C20H21ClN4O4. The van der Waals surface area contributed by atoms with Crippen molar-refractivity contribution in [1.29, 1.82) is 0 Å². The molecule has 1 aliphatic heterocycles. The quantitative estimate of drug-likeness (QED) is 0.565. The first-order chi connectivity index (χ1) is 13.8. The average molecular weight is 417 g/mol. The van der Waals surface area contributed by atoms with Gasteiger partial charge in [-0.3, -0.25) is 19.7 Å². The highest BCUT2D eigenvalue weighted by Crippen LogP contribution is 2.28. The molecule has 1 aliphatic rings. The fourth-order valence-electron chi connectivity index (χ4n) is 3.25. The third kappa shape index (κ3) is 4.48. The lowest BCUT2D eigenvalue weighted by Crippen LogP contribution is -2.50. The maximum atomic E-state index is 12.8. The molecule has 8 nitrogen and oxygen atoms in total. The van der Waals surface area contributed by atoms with Crippen molar-refractivity contribution >= 4 is 34.8 Å². The van der Waals surface area contributed by atoms with Crippen LogP contribution in [0, 0.1) is 10.1 Å². The van der Waals surface area contributed by atoms with Crippen LogP contribution in [0.2, 0.25) is 5.02 Å². The standard InChI is InChI=1S/C20H21ClN4O4/c1-22(2)17-8-5-15(13-18(17)25(28)29)20(27)24-11-9-23(10-12-24)19(26)14-3-6-16(21)7-4-14/h3-8,13H,9-12H2,1-2H3. The van der Waals surface area contributed by atoms with Gasteiger partial charge in [0.15, 0.2) is 0 Å². The van der Waals surface area contributed by atoms with E-state index >= 15 is 0 Å². The monoisotopic (exact) mass is 416 g/mol.